The highest BCUT2D eigenvalue weighted by Crippen LogP contribution is 2.47. The number of fused-ring (bicyclic) bond motifs is 2. The first-order chi connectivity index (χ1) is 7.86. The van der Waals surface area contributed by atoms with Gasteiger partial charge in [0.15, 0.2) is 0 Å². The summed E-state index contributed by atoms with van der Waals surface area (Å²) in [6.45, 7) is 3.68. The number of hydrogen-bond donors (Lipinski definition) is 0. The Labute approximate surface area is 108 Å². The van der Waals surface area contributed by atoms with Crippen LogP contribution in [0.3, 0.4) is 0 Å². The van der Waals surface area contributed by atoms with Gasteiger partial charge < -0.3 is 9.64 Å². The van der Waals surface area contributed by atoms with Crippen molar-refractivity contribution >= 4 is 12.4 Å². The summed E-state index contributed by atoms with van der Waals surface area (Å²) in [5, 5.41) is 0. The number of nitrogens with zero attached hydrogens (tertiary/aromatic N) is 2. The maximum absolute atomic E-state index is 6.17. The highest BCUT2D eigenvalue weighted by atomic mass is 35.5. The van der Waals surface area contributed by atoms with Crippen LogP contribution in [0, 0.1) is 5.41 Å². The van der Waals surface area contributed by atoms with Crippen LogP contribution >= 0.6 is 12.4 Å². The van der Waals surface area contributed by atoms with E-state index in [4.69, 9.17) is 4.74 Å². The van der Waals surface area contributed by atoms with Crippen molar-refractivity contribution in [1.82, 2.24) is 9.88 Å². The van der Waals surface area contributed by atoms with E-state index in [1.165, 1.54) is 38.2 Å². The number of rotatable bonds is 0. The first-order valence-electron chi connectivity index (χ1n) is 6.19. The Bertz CT molecular complexity index is 437. The Balaban J connectivity index is 0.000000902. The van der Waals surface area contributed by atoms with E-state index in [-0.39, 0.29) is 12.4 Å². The lowest BCUT2D eigenvalue weighted by Crippen LogP contribution is -2.50. The summed E-state index contributed by atoms with van der Waals surface area (Å²) in [5.74, 6) is 1.03. The van der Waals surface area contributed by atoms with Gasteiger partial charge in [-0.3, -0.25) is 4.98 Å². The minimum Gasteiger partial charge on any atom is -0.488 e. The molecule has 2 bridgehead atoms. The summed E-state index contributed by atoms with van der Waals surface area (Å²) in [5.41, 5.74) is 1.54. The fourth-order valence-corrected chi connectivity index (χ4v) is 3.64. The maximum Gasteiger partial charge on any atom is 0.141 e. The van der Waals surface area contributed by atoms with E-state index in [0.29, 0.717) is 11.5 Å². The second-order valence-electron chi connectivity index (χ2n) is 5.41. The lowest BCUT2D eigenvalue weighted by molar-refractivity contribution is -0.00192. The first-order valence-corrected chi connectivity index (χ1v) is 6.19. The van der Waals surface area contributed by atoms with Gasteiger partial charge in [0.05, 0.1) is 5.69 Å². The summed E-state index contributed by atoms with van der Waals surface area (Å²) in [6.07, 6.45) is 5.91. The second-order valence-corrected chi connectivity index (χ2v) is 5.41. The van der Waals surface area contributed by atoms with Crippen LogP contribution in [0.2, 0.25) is 0 Å². The minimum atomic E-state index is 0. The molecule has 3 atom stereocenters. The molecule has 0 saturated carbocycles. The van der Waals surface area contributed by atoms with Gasteiger partial charge in [0, 0.05) is 31.1 Å². The van der Waals surface area contributed by atoms with Crippen LogP contribution in [0.15, 0.2) is 18.3 Å². The van der Waals surface area contributed by atoms with E-state index in [9.17, 15) is 0 Å². The summed E-state index contributed by atoms with van der Waals surface area (Å²) < 4.78 is 6.17. The van der Waals surface area contributed by atoms with Crippen LogP contribution in [-0.2, 0) is 6.42 Å². The average molecular weight is 253 g/mol. The van der Waals surface area contributed by atoms with Gasteiger partial charge in [-0.05, 0) is 31.5 Å². The Kier molecular flexibility index (Phi) is 2.56. The van der Waals surface area contributed by atoms with Crippen molar-refractivity contribution in [2.45, 2.75) is 25.4 Å². The smallest absolute Gasteiger partial charge is 0.141 e. The van der Waals surface area contributed by atoms with Gasteiger partial charge in [-0.15, -0.1) is 12.4 Å². The standard InChI is InChI=1S/C13H16N2O.ClH/c1-2-11-10(14-5-1)8-13-4-7-15(9-13)6-3-12(13)16-11;/h1-2,5,12H,3-4,6-9H2;1H/t12-,13+;/m0./s1. The molecule has 3 nitrogen and oxygen atoms in total. The van der Waals surface area contributed by atoms with E-state index < -0.39 is 0 Å². The molecule has 4 heteroatoms. The zero-order valence-electron chi connectivity index (χ0n) is 9.76. The van der Waals surface area contributed by atoms with E-state index >= 15 is 0 Å². The Morgan fingerprint density at radius 2 is 2.35 bits per heavy atom. The molecule has 0 aromatic carbocycles. The van der Waals surface area contributed by atoms with Gasteiger partial charge in [-0.25, -0.2) is 0 Å². The molecule has 4 rings (SSSR count). The predicted molar refractivity (Wildman–Crippen MR) is 67.7 cm³/mol. The zero-order chi connectivity index (χ0) is 10.6. The van der Waals surface area contributed by atoms with Crippen molar-refractivity contribution < 1.29 is 4.74 Å². The molecule has 0 radical (unpaired) electrons. The van der Waals surface area contributed by atoms with Crippen molar-refractivity contribution in [3.8, 4) is 5.75 Å². The molecule has 1 unspecified atom stereocenters. The minimum absolute atomic E-state index is 0. The van der Waals surface area contributed by atoms with Gasteiger partial charge in [0.2, 0.25) is 0 Å². The average Bonchev–Trinajstić information content (AvgIpc) is 2.64. The van der Waals surface area contributed by atoms with Crippen LogP contribution in [0.1, 0.15) is 18.5 Å². The fourth-order valence-electron chi connectivity index (χ4n) is 3.64. The molecule has 0 N–H and O–H groups in total. The van der Waals surface area contributed by atoms with Crippen molar-refractivity contribution in [2.75, 3.05) is 19.6 Å². The Hall–Kier alpha value is -0.800. The third-order valence-corrected chi connectivity index (χ3v) is 4.49. The van der Waals surface area contributed by atoms with E-state index in [0.717, 1.165) is 12.2 Å². The predicted octanol–water partition coefficient (Wildman–Crippen LogP) is 1.90. The van der Waals surface area contributed by atoms with Gasteiger partial charge in [0.25, 0.3) is 0 Å². The topological polar surface area (TPSA) is 25.4 Å². The molecular weight excluding hydrogens is 236 g/mol. The molecule has 2 saturated heterocycles. The van der Waals surface area contributed by atoms with E-state index in [1.807, 2.05) is 12.3 Å². The lowest BCUT2D eigenvalue weighted by Gasteiger charge is -2.44. The molecule has 3 aliphatic heterocycles. The maximum atomic E-state index is 6.17. The lowest BCUT2D eigenvalue weighted by atomic mass is 9.73. The first kappa shape index (κ1) is 11.3. The third-order valence-electron chi connectivity index (χ3n) is 4.49. The monoisotopic (exact) mass is 252 g/mol. The number of halogens is 1. The van der Waals surface area contributed by atoms with E-state index in [1.54, 1.807) is 0 Å². The van der Waals surface area contributed by atoms with Crippen molar-refractivity contribution in [2.24, 2.45) is 5.41 Å². The Morgan fingerprint density at radius 3 is 3.29 bits per heavy atom. The van der Waals surface area contributed by atoms with Crippen molar-refractivity contribution in [1.29, 1.82) is 0 Å². The molecule has 1 aromatic heterocycles. The summed E-state index contributed by atoms with van der Waals surface area (Å²) >= 11 is 0. The number of piperidine rings is 1. The van der Waals surface area contributed by atoms with Crippen LogP contribution in [0.5, 0.6) is 5.75 Å². The largest absolute Gasteiger partial charge is 0.488 e. The highest BCUT2D eigenvalue weighted by molar-refractivity contribution is 5.85. The highest BCUT2D eigenvalue weighted by Gasteiger charge is 2.51. The number of ether oxygens (including phenoxy) is 1. The van der Waals surface area contributed by atoms with E-state index in [2.05, 4.69) is 16.0 Å². The molecule has 2 fully saturated rings. The Morgan fingerprint density at radius 1 is 1.41 bits per heavy atom. The summed E-state index contributed by atoms with van der Waals surface area (Å²) in [4.78, 5) is 7.06. The molecule has 92 valence electrons. The van der Waals surface area contributed by atoms with Crippen LogP contribution < -0.4 is 4.74 Å². The molecule has 3 aliphatic rings. The molecule has 1 spiro atoms. The van der Waals surface area contributed by atoms with Gasteiger partial charge in [-0.1, -0.05) is 0 Å². The van der Waals surface area contributed by atoms with Crippen LogP contribution in [0.25, 0.3) is 0 Å². The summed E-state index contributed by atoms with van der Waals surface area (Å²) in [6, 6.07) is 4.04. The fraction of sp³-hybridized carbons (Fsp3) is 0.615. The van der Waals surface area contributed by atoms with Gasteiger partial charge >= 0.3 is 0 Å². The summed E-state index contributed by atoms with van der Waals surface area (Å²) in [7, 11) is 0. The molecule has 0 amide bonds. The number of aromatic nitrogens is 1. The second kappa shape index (κ2) is 3.85. The van der Waals surface area contributed by atoms with Gasteiger partial charge in [-0.2, -0.15) is 0 Å². The van der Waals surface area contributed by atoms with Crippen molar-refractivity contribution in [3.63, 3.8) is 0 Å². The van der Waals surface area contributed by atoms with Crippen LogP contribution in [0.4, 0.5) is 0 Å². The number of pyridine rings is 1. The SMILES string of the molecule is Cl.c1cnc2c(c1)O[C@H]1CCN3CC[C@@]1(C2)C3. The van der Waals surface area contributed by atoms with Gasteiger partial charge in [0.1, 0.15) is 11.9 Å². The third kappa shape index (κ3) is 1.56. The normalized spacial score (nSPS) is 37.4. The number of hydrogen-bond acceptors (Lipinski definition) is 3. The zero-order valence-corrected chi connectivity index (χ0v) is 10.6. The van der Waals surface area contributed by atoms with Crippen molar-refractivity contribution in [3.05, 3.63) is 24.0 Å². The quantitative estimate of drug-likeness (QED) is 0.705. The molecule has 0 aliphatic carbocycles. The molecule has 1 aromatic rings. The molecule has 17 heavy (non-hydrogen) atoms. The molecule has 4 heterocycles. The molecular formula is C13H17ClN2O. The van der Waals surface area contributed by atoms with Crippen LogP contribution in [-0.4, -0.2) is 35.6 Å².